The number of sulfone groups is 2. The van der Waals surface area contributed by atoms with Crippen LogP contribution in [0.2, 0.25) is 0 Å². The highest BCUT2D eigenvalue weighted by Crippen LogP contribution is 2.43. The molecule has 0 spiro atoms. The van der Waals surface area contributed by atoms with E-state index >= 15 is 0 Å². The summed E-state index contributed by atoms with van der Waals surface area (Å²) in [4.78, 5) is 0. The first kappa shape index (κ1) is 40.0. The highest BCUT2D eigenvalue weighted by Gasteiger charge is 2.26. The van der Waals surface area contributed by atoms with Crippen LogP contribution in [0, 0.1) is 0 Å². The Kier molecular flexibility index (Phi) is 16.4. The molecular formula is C38H60O8S2. The number of benzene rings is 2. The third kappa shape index (κ3) is 11.9. The van der Waals surface area contributed by atoms with Crippen molar-refractivity contribution in [1.82, 2.24) is 0 Å². The van der Waals surface area contributed by atoms with Crippen LogP contribution in [0.3, 0.4) is 0 Å². The predicted octanol–water partition coefficient (Wildman–Crippen LogP) is 8.93. The lowest BCUT2D eigenvalue weighted by atomic mass is 9.87. The highest BCUT2D eigenvalue weighted by molar-refractivity contribution is 7.90. The Morgan fingerprint density at radius 1 is 0.542 bits per heavy atom. The molecule has 48 heavy (non-hydrogen) atoms. The smallest absolute Gasteiger partial charge is 0.154 e. The van der Waals surface area contributed by atoms with Crippen LogP contribution >= 0.6 is 0 Å². The van der Waals surface area contributed by atoms with Gasteiger partial charge in [0.2, 0.25) is 0 Å². The van der Waals surface area contributed by atoms with E-state index in [1.54, 1.807) is 28.4 Å². The van der Waals surface area contributed by atoms with Crippen LogP contribution in [0.15, 0.2) is 24.3 Å². The molecule has 0 saturated heterocycles. The van der Waals surface area contributed by atoms with Crippen molar-refractivity contribution >= 4 is 19.7 Å². The SMILES string of the molecule is CCCC[C@H]1CCCCCS(=O)(=O)Cc2cc(OC)c(c(OC)c2)[C@@H](CCCC)CCCCCS(=O)(=O)Cc2cc(OC)c1c(OC)c2. The van der Waals surface area contributed by atoms with Crippen molar-refractivity contribution in [2.45, 2.75) is 127 Å². The van der Waals surface area contributed by atoms with Gasteiger partial charge in [0, 0.05) is 11.1 Å². The van der Waals surface area contributed by atoms with Crippen LogP contribution in [0.1, 0.15) is 138 Å². The maximum absolute atomic E-state index is 13.3. The second-order valence-corrected chi connectivity index (χ2v) is 17.8. The van der Waals surface area contributed by atoms with Gasteiger partial charge >= 0.3 is 0 Å². The van der Waals surface area contributed by atoms with Gasteiger partial charge in [0.25, 0.3) is 0 Å². The molecule has 0 saturated carbocycles. The van der Waals surface area contributed by atoms with E-state index in [0.29, 0.717) is 47.0 Å². The fraction of sp³-hybridized carbons (Fsp3) is 0.684. The molecule has 0 aliphatic carbocycles. The molecule has 2 aromatic rings. The van der Waals surface area contributed by atoms with Gasteiger partial charge in [-0.25, -0.2) is 16.8 Å². The van der Waals surface area contributed by atoms with Crippen LogP contribution in [-0.2, 0) is 31.2 Å². The summed E-state index contributed by atoms with van der Waals surface area (Å²) in [6, 6.07) is 7.46. The summed E-state index contributed by atoms with van der Waals surface area (Å²) in [5, 5.41) is 0. The Morgan fingerprint density at radius 3 is 1.17 bits per heavy atom. The summed E-state index contributed by atoms with van der Waals surface area (Å²) < 4.78 is 76.7. The molecule has 10 heteroatoms. The van der Waals surface area contributed by atoms with Gasteiger partial charge in [-0.1, -0.05) is 65.2 Å². The maximum Gasteiger partial charge on any atom is 0.154 e. The zero-order valence-electron chi connectivity index (χ0n) is 30.3. The average Bonchev–Trinajstić information content (AvgIpc) is 3.05. The Balaban J connectivity index is 1.97. The molecule has 2 aromatic carbocycles. The molecule has 6 rings (SSSR count). The first-order chi connectivity index (χ1) is 23.0. The van der Waals surface area contributed by atoms with Crippen molar-refractivity contribution in [2.75, 3.05) is 39.9 Å². The van der Waals surface area contributed by atoms with Crippen molar-refractivity contribution in [3.05, 3.63) is 46.5 Å². The van der Waals surface area contributed by atoms with Gasteiger partial charge in [0.05, 0.1) is 51.5 Å². The van der Waals surface area contributed by atoms with Gasteiger partial charge < -0.3 is 18.9 Å². The maximum atomic E-state index is 13.3. The summed E-state index contributed by atoms with van der Waals surface area (Å²) in [5.74, 6) is 3.06. The zero-order valence-corrected chi connectivity index (χ0v) is 31.9. The van der Waals surface area contributed by atoms with E-state index in [1.807, 2.05) is 24.3 Å². The molecule has 0 N–H and O–H groups in total. The van der Waals surface area contributed by atoms with Gasteiger partial charge in [-0.15, -0.1) is 0 Å². The minimum absolute atomic E-state index is 0.0615. The summed E-state index contributed by atoms with van der Waals surface area (Å²) in [7, 11) is -0.200. The minimum Gasteiger partial charge on any atom is -0.496 e. The van der Waals surface area contributed by atoms with E-state index in [9.17, 15) is 16.8 Å². The van der Waals surface area contributed by atoms with E-state index in [-0.39, 0.29) is 34.8 Å². The van der Waals surface area contributed by atoms with Crippen LogP contribution in [-0.4, -0.2) is 56.8 Å². The summed E-state index contributed by atoms with van der Waals surface area (Å²) in [6.45, 7) is 4.33. The third-order valence-electron chi connectivity index (χ3n) is 9.63. The van der Waals surface area contributed by atoms with Gasteiger partial charge in [-0.2, -0.15) is 0 Å². The lowest BCUT2D eigenvalue weighted by Gasteiger charge is -2.24. The molecule has 0 aromatic heterocycles. The normalized spacial score (nSPS) is 20.9. The molecule has 4 aliphatic heterocycles. The van der Waals surface area contributed by atoms with Crippen molar-refractivity contribution < 1.29 is 35.8 Å². The Labute approximate surface area is 291 Å². The van der Waals surface area contributed by atoms with Gasteiger partial charge in [0.15, 0.2) is 19.7 Å². The van der Waals surface area contributed by atoms with Crippen LogP contribution in [0.5, 0.6) is 23.0 Å². The Bertz CT molecular complexity index is 1340. The van der Waals surface area contributed by atoms with Crippen LogP contribution < -0.4 is 18.9 Å². The summed E-state index contributed by atoms with van der Waals surface area (Å²) in [6.07, 6.45) is 12.2. The zero-order chi connectivity index (χ0) is 35.2. The Morgan fingerprint density at radius 2 is 0.875 bits per heavy atom. The molecule has 4 aliphatic rings. The van der Waals surface area contributed by atoms with E-state index in [1.165, 1.54) is 0 Å². The molecule has 0 fully saturated rings. The van der Waals surface area contributed by atoms with Crippen molar-refractivity contribution in [3.8, 4) is 23.0 Å². The van der Waals surface area contributed by atoms with E-state index in [2.05, 4.69) is 13.8 Å². The van der Waals surface area contributed by atoms with Gasteiger partial charge in [-0.3, -0.25) is 0 Å². The minimum atomic E-state index is -3.35. The number of ether oxygens (including phenoxy) is 4. The van der Waals surface area contributed by atoms with Crippen molar-refractivity contribution in [1.29, 1.82) is 0 Å². The molecule has 2 atom stereocenters. The van der Waals surface area contributed by atoms with Crippen LogP contribution in [0.25, 0.3) is 0 Å². The lowest BCUT2D eigenvalue weighted by molar-refractivity contribution is 0.369. The number of methoxy groups -OCH3 is 4. The predicted molar refractivity (Wildman–Crippen MR) is 196 cm³/mol. The molecule has 4 bridgehead atoms. The standard InChI is InChI=1S/C38H60O8S2/c1-7-9-17-31-19-13-11-15-21-47(39,40)28-30-25-35(45-5)38(36(26-30)46-6)32(18-10-8-2)20-14-12-16-22-48(41,42)27-29-23-33(43-3)37(31)34(24-29)44-4/h23-26,31-32H,7-22,27-28H2,1-6H3/t31-,32-/m0/s1. The molecular weight excluding hydrogens is 649 g/mol. The van der Waals surface area contributed by atoms with Gasteiger partial charge in [-0.05, 0) is 85.8 Å². The summed E-state index contributed by atoms with van der Waals surface area (Å²) >= 11 is 0. The van der Waals surface area contributed by atoms with Crippen molar-refractivity contribution in [2.24, 2.45) is 0 Å². The lowest BCUT2D eigenvalue weighted by Crippen LogP contribution is -2.12. The second-order valence-electron chi connectivity index (χ2n) is 13.4. The average molecular weight is 709 g/mol. The van der Waals surface area contributed by atoms with Crippen LogP contribution in [0.4, 0.5) is 0 Å². The molecule has 272 valence electrons. The number of hydrogen-bond donors (Lipinski definition) is 0. The van der Waals surface area contributed by atoms with E-state index in [4.69, 9.17) is 18.9 Å². The third-order valence-corrected chi connectivity index (χ3v) is 13.0. The summed E-state index contributed by atoms with van der Waals surface area (Å²) in [5.41, 5.74) is 3.29. The topological polar surface area (TPSA) is 105 Å². The molecule has 0 radical (unpaired) electrons. The highest BCUT2D eigenvalue weighted by atomic mass is 32.2. The fourth-order valence-electron chi connectivity index (χ4n) is 7.16. The first-order valence-electron chi connectivity index (χ1n) is 17.9. The van der Waals surface area contributed by atoms with Gasteiger partial charge in [0.1, 0.15) is 23.0 Å². The first-order valence-corrected chi connectivity index (χ1v) is 21.6. The number of rotatable bonds is 10. The quantitative estimate of drug-likeness (QED) is 0.241. The Hall–Kier alpha value is -2.46. The van der Waals surface area contributed by atoms with E-state index in [0.717, 1.165) is 88.2 Å². The van der Waals surface area contributed by atoms with E-state index < -0.39 is 19.7 Å². The van der Waals surface area contributed by atoms with Crippen molar-refractivity contribution in [3.63, 3.8) is 0 Å². The molecule has 0 unspecified atom stereocenters. The second kappa shape index (κ2) is 19.7. The molecule has 4 heterocycles. The molecule has 8 nitrogen and oxygen atoms in total. The molecule has 0 amide bonds. The largest absolute Gasteiger partial charge is 0.496 e. The monoisotopic (exact) mass is 708 g/mol. The number of hydrogen-bond acceptors (Lipinski definition) is 8. The number of unbranched alkanes of at least 4 members (excludes halogenated alkanes) is 2. The fourth-order valence-corrected chi connectivity index (χ4v) is 10.1.